The minimum absolute atomic E-state index is 0.131. The van der Waals surface area contributed by atoms with Crippen LogP contribution in [0, 0.1) is 6.92 Å². The fraction of sp³-hybridized carbons (Fsp3) is 0.429. The summed E-state index contributed by atoms with van der Waals surface area (Å²) in [7, 11) is 1.63. The Balaban J connectivity index is 2.22. The third-order valence-corrected chi connectivity index (χ3v) is 3.09. The molecule has 20 heavy (non-hydrogen) atoms. The molecule has 0 saturated heterocycles. The van der Waals surface area contributed by atoms with Gasteiger partial charge in [0.15, 0.2) is 0 Å². The van der Waals surface area contributed by atoms with Crippen LogP contribution in [0.4, 0.5) is 0 Å². The maximum atomic E-state index is 9.90. The first-order valence-corrected chi connectivity index (χ1v) is 6.35. The number of methoxy groups -OCH3 is 1. The Morgan fingerprint density at radius 1 is 1.45 bits per heavy atom. The highest BCUT2D eigenvalue weighted by Crippen LogP contribution is 2.24. The van der Waals surface area contributed by atoms with Crippen LogP contribution in [0.5, 0.6) is 5.75 Å². The van der Waals surface area contributed by atoms with E-state index in [1.807, 2.05) is 25.1 Å². The van der Waals surface area contributed by atoms with Gasteiger partial charge in [0.2, 0.25) is 11.7 Å². The second-order valence-electron chi connectivity index (χ2n) is 5.07. The largest absolute Gasteiger partial charge is 0.496 e. The number of aliphatic hydroxyl groups is 1. The molecule has 2 rings (SSSR count). The molecule has 1 unspecified atom stereocenters. The van der Waals surface area contributed by atoms with Gasteiger partial charge < -0.3 is 20.1 Å². The number of benzene rings is 1. The molecular formula is C14H19N3O3. The first kappa shape index (κ1) is 14.5. The number of aryl methyl sites for hydroxylation is 1. The van der Waals surface area contributed by atoms with Crippen molar-refractivity contribution in [3.8, 4) is 17.1 Å². The van der Waals surface area contributed by atoms with E-state index in [9.17, 15) is 5.11 Å². The highest BCUT2D eigenvalue weighted by molar-refractivity contribution is 5.58. The molecule has 0 radical (unpaired) electrons. The summed E-state index contributed by atoms with van der Waals surface area (Å²) < 4.78 is 10.4. The fourth-order valence-electron chi connectivity index (χ4n) is 1.86. The van der Waals surface area contributed by atoms with Gasteiger partial charge in [0.05, 0.1) is 19.1 Å². The number of nitrogens with two attached hydrogens (primary N) is 1. The lowest BCUT2D eigenvalue weighted by Crippen LogP contribution is -2.36. The van der Waals surface area contributed by atoms with Crippen molar-refractivity contribution in [2.24, 2.45) is 5.73 Å². The van der Waals surface area contributed by atoms with Crippen LogP contribution < -0.4 is 10.5 Å². The molecule has 0 amide bonds. The third kappa shape index (κ3) is 3.15. The normalized spacial score (nSPS) is 14.1. The van der Waals surface area contributed by atoms with E-state index >= 15 is 0 Å². The highest BCUT2D eigenvalue weighted by atomic mass is 16.5. The SMILES string of the molecule is COc1ccc(-c2noc(CC(C)(O)CN)n2)cc1C. The zero-order valence-electron chi connectivity index (χ0n) is 11.9. The predicted octanol–water partition coefficient (Wildman–Crippen LogP) is 1.31. The zero-order valence-corrected chi connectivity index (χ0v) is 11.9. The van der Waals surface area contributed by atoms with Crippen LogP contribution in [0.1, 0.15) is 18.4 Å². The van der Waals surface area contributed by atoms with Crippen molar-refractivity contribution in [3.63, 3.8) is 0 Å². The predicted molar refractivity (Wildman–Crippen MR) is 74.4 cm³/mol. The minimum atomic E-state index is -1.04. The lowest BCUT2D eigenvalue weighted by atomic mass is 10.0. The van der Waals surface area contributed by atoms with Crippen LogP contribution in [0.2, 0.25) is 0 Å². The molecule has 108 valence electrons. The molecule has 2 aromatic rings. The summed E-state index contributed by atoms with van der Waals surface area (Å²) in [6.45, 7) is 3.71. The molecule has 0 spiro atoms. The molecule has 6 heteroatoms. The monoisotopic (exact) mass is 277 g/mol. The standard InChI is InChI=1S/C14H19N3O3/c1-9-6-10(4-5-11(9)19-3)13-16-12(20-17-13)7-14(2,18)8-15/h4-6,18H,7-8,15H2,1-3H3. The Kier molecular flexibility index (Phi) is 4.06. The van der Waals surface area contributed by atoms with Crippen molar-refractivity contribution in [1.29, 1.82) is 0 Å². The van der Waals surface area contributed by atoms with Crippen LogP contribution in [0.15, 0.2) is 22.7 Å². The van der Waals surface area contributed by atoms with Crippen LogP contribution in [0.25, 0.3) is 11.4 Å². The van der Waals surface area contributed by atoms with Gasteiger partial charge in [-0.05, 0) is 37.6 Å². The molecule has 0 saturated carbocycles. The van der Waals surface area contributed by atoms with Crippen molar-refractivity contribution >= 4 is 0 Å². The van der Waals surface area contributed by atoms with Crippen LogP contribution in [0.3, 0.4) is 0 Å². The zero-order chi connectivity index (χ0) is 14.8. The molecule has 1 heterocycles. The molecule has 0 aliphatic carbocycles. The van der Waals surface area contributed by atoms with Crippen LogP contribution in [-0.4, -0.2) is 34.5 Å². The number of ether oxygens (including phenoxy) is 1. The average molecular weight is 277 g/mol. The van der Waals surface area contributed by atoms with E-state index in [-0.39, 0.29) is 13.0 Å². The van der Waals surface area contributed by atoms with Crippen molar-refractivity contribution < 1.29 is 14.4 Å². The number of hydrogen-bond acceptors (Lipinski definition) is 6. The first-order valence-electron chi connectivity index (χ1n) is 6.35. The van der Waals surface area contributed by atoms with E-state index < -0.39 is 5.60 Å². The van der Waals surface area contributed by atoms with E-state index in [0.29, 0.717) is 11.7 Å². The Morgan fingerprint density at radius 3 is 2.80 bits per heavy atom. The minimum Gasteiger partial charge on any atom is -0.496 e. The summed E-state index contributed by atoms with van der Waals surface area (Å²) in [5.41, 5.74) is 6.26. The van der Waals surface area contributed by atoms with Crippen molar-refractivity contribution in [3.05, 3.63) is 29.7 Å². The van der Waals surface area contributed by atoms with Gasteiger partial charge >= 0.3 is 0 Å². The summed E-state index contributed by atoms with van der Waals surface area (Å²) in [6.07, 6.45) is 0.228. The Labute approximate surface area is 117 Å². The van der Waals surface area contributed by atoms with Gasteiger partial charge in [-0.1, -0.05) is 5.16 Å². The van der Waals surface area contributed by atoms with Gasteiger partial charge in [0.1, 0.15) is 5.75 Å². The van der Waals surface area contributed by atoms with Crippen LogP contribution >= 0.6 is 0 Å². The molecule has 0 bridgehead atoms. The second-order valence-corrected chi connectivity index (χ2v) is 5.07. The van der Waals surface area contributed by atoms with Crippen LogP contribution in [-0.2, 0) is 6.42 Å². The first-order chi connectivity index (χ1) is 9.45. The molecule has 6 nitrogen and oxygen atoms in total. The summed E-state index contributed by atoms with van der Waals surface area (Å²) in [6, 6.07) is 5.65. The average Bonchev–Trinajstić information content (AvgIpc) is 2.86. The van der Waals surface area contributed by atoms with Gasteiger partial charge in [-0.3, -0.25) is 0 Å². The molecule has 1 atom stereocenters. The Hall–Kier alpha value is -1.92. The van der Waals surface area contributed by atoms with E-state index in [1.165, 1.54) is 0 Å². The number of rotatable bonds is 5. The molecule has 0 aliphatic rings. The molecular weight excluding hydrogens is 258 g/mol. The number of aromatic nitrogens is 2. The highest BCUT2D eigenvalue weighted by Gasteiger charge is 2.23. The van der Waals surface area contributed by atoms with E-state index in [0.717, 1.165) is 16.9 Å². The van der Waals surface area contributed by atoms with Gasteiger partial charge in [-0.2, -0.15) is 4.98 Å². The Morgan fingerprint density at radius 2 is 2.20 bits per heavy atom. The van der Waals surface area contributed by atoms with Crippen molar-refractivity contribution in [1.82, 2.24) is 10.1 Å². The molecule has 1 aromatic heterocycles. The van der Waals surface area contributed by atoms with Crippen molar-refractivity contribution in [2.75, 3.05) is 13.7 Å². The third-order valence-electron chi connectivity index (χ3n) is 3.09. The summed E-state index contributed by atoms with van der Waals surface area (Å²) in [5, 5.41) is 13.8. The molecule has 0 fully saturated rings. The molecule has 1 aromatic carbocycles. The quantitative estimate of drug-likeness (QED) is 0.855. The van der Waals surface area contributed by atoms with Crippen molar-refractivity contribution in [2.45, 2.75) is 25.9 Å². The van der Waals surface area contributed by atoms with E-state index in [2.05, 4.69) is 10.1 Å². The topological polar surface area (TPSA) is 94.4 Å². The van der Waals surface area contributed by atoms with Gasteiger partial charge in [0.25, 0.3) is 0 Å². The second kappa shape index (κ2) is 5.60. The summed E-state index contributed by atoms with van der Waals surface area (Å²) in [5.74, 6) is 1.66. The van der Waals surface area contributed by atoms with E-state index in [4.69, 9.17) is 15.0 Å². The molecule has 0 aliphatic heterocycles. The maximum absolute atomic E-state index is 9.90. The Bertz CT molecular complexity index is 593. The number of nitrogens with zero attached hydrogens (tertiary/aromatic N) is 2. The fourth-order valence-corrected chi connectivity index (χ4v) is 1.86. The van der Waals surface area contributed by atoms with Gasteiger partial charge in [-0.15, -0.1) is 0 Å². The smallest absolute Gasteiger partial charge is 0.229 e. The lowest BCUT2D eigenvalue weighted by Gasteiger charge is -2.17. The number of hydrogen-bond donors (Lipinski definition) is 2. The van der Waals surface area contributed by atoms with Gasteiger partial charge in [-0.25, -0.2) is 0 Å². The van der Waals surface area contributed by atoms with Gasteiger partial charge in [0, 0.05) is 12.1 Å². The summed E-state index contributed by atoms with van der Waals surface area (Å²) in [4.78, 5) is 4.28. The lowest BCUT2D eigenvalue weighted by molar-refractivity contribution is 0.0610. The summed E-state index contributed by atoms with van der Waals surface area (Å²) >= 11 is 0. The van der Waals surface area contributed by atoms with E-state index in [1.54, 1.807) is 14.0 Å². The maximum Gasteiger partial charge on any atom is 0.229 e. The molecule has 3 N–H and O–H groups in total.